The second-order valence-electron chi connectivity index (χ2n) is 5.60. The Labute approximate surface area is 146 Å². The Morgan fingerprint density at radius 3 is 2.48 bits per heavy atom. The Bertz CT molecular complexity index is 1050. The zero-order chi connectivity index (χ0) is 18.0. The summed E-state index contributed by atoms with van der Waals surface area (Å²) in [5, 5.41) is 1.48. The number of carbonyl (C=O) groups excluding carboxylic acids is 1. The molecule has 0 atom stereocenters. The molecule has 0 spiro atoms. The molecule has 0 radical (unpaired) electrons. The summed E-state index contributed by atoms with van der Waals surface area (Å²) in [5.41, 5.74) is 1.33. The lowest BCUT2D eigenvalue weighted by Gasteiger charge is -2.13. The molecule has 0 heterocycles. The Morgan fingerprint density at radius 2 is 1.72 bits per heavy atom. The van der Waals surface area contributed by atoms with Gasteiger partial charge < -0.3 is 4.74 Å². The van der Waals surface area contributed by atoms with E-state index in [1.165, 1.54) is 13.2 Å². The van der Waals surface area contributed by atoms with Gasteiger partial charge in [-0.3, -0.25) is 4.72 Å². The van der Waals surface area contributed by atoms with Gasteiger partial charge in [-0.1, -0.05) is 42.5 Å². The minimum Gasteiger partial charge on any atom is -0.465 e. The van der Waals surface area contributed by atoms with Crippen molar-refractivity contribution in [2.45, 2.75) is 11.8 Å². The van der Waals surface area contributed by atoms with E-state index >= 15 is 0 Å². The van der Waals surface area contributed by atoms with E-state index in [1.54, 1.807) is 43.3 Å². The van der Waals surface area contributed by atoms with Gasteiger partial charge in [0.15, 0.2) is 0 Å². The highest BCUT2D eigenvalue weighted by molar-refractivity contribution is 7.93. The fourth-order valence-corrected chi connectivity index (χ4v) is 3.96. The summed E-state index contributed by atoms with van der Waals surface area (Å²) < 4.78 is 33.0. The number of carbonyl (C=O) groups is 1. The van der Waals surface area contributed by atoms with E-state index in [4.69, 9.17) is 0 Å². The fourth-order valence-electron chi connectivity index (χ4n) is 2.61. The molecule has 3 aromatic rings. The number of esters is 1. The molecule has 0 aliphatic heterocycles. The maximum Gasteiger partial charge on any atom is 0.337 e. The quantitative estimate of drug-likeness (QED) is 0.724. The van der Waals surface area contributed by atoms with Gasteiger partial charge >= 0.3 is 5.97 Å². The average Bonchev–Trinajstić information content (AvgIpc) is 2.62. The van der Waals surface area contributed by atoms with Gasteiger partial charge in [-0.25, -0.2) is 13.2 Å². The molecular weight excluding hydrogens is 338 g/mol. The van der Waals surface area contributed by atoms with Crippen LogP contribution in [0.15, 0.2) is 65.6 Å². The minimum atomic E-state index is -3.81. The summed E-state index contributed by atoms with van der Waals surface area (Å²) in [5.74, 6) is -0.523. The van der Waals surface area contributed by atoms with Crippen LogP contribution in [0, 0.1) is 6.92 Å². The van der Waals surface area contributed by atoms with Gasteiger partial charge in [0.25, 0.3) is 10.0 Å². The van der Waals surface area contributed by atoms with Crippen molar-refractivity contribution in [3.05, 3.63) is 71.8 Å². The molecule has 128 valence electrons. The highest BCUT2D eigenvalue weighted by Gasteiger charge is 2.19. The van der Waals surface area contributed by atoms with Crippen LogP contribution < -0.4 is 4.72 Å². The molecule has 0 amide bonds. The molecule has 0 aliphatic rings. The van der Waals surface area contributed by atoms with E-state index in [2.05, 4.69) is 9.46 Å². The number of anilines is 1. The third kappa shape index (κ3) is 3.34. The van der Waals surface area contributed by atoms with E-state index in [-0.39, 0.29) is 10.5 Å². The van der Waals surface area contributed by atoms with Crippen LogP contribution in [0.2, 0.25) is 0 Å². The van der Waals surface area contributed by atoms with Gasteiger partial charge in [-0.2, -0.15) is 0 Å². The van der Waals surface area contributed by atoms with E-state index < -0.39 is 16.0 Å². The number of sulfonamides is 1. The maximum absolute atomic E-state index is 12.9. The number of ether oxygens (including phenoxy) is 1. The van der Waals surface area contributed by atoms with Crippen LogP contribution in [0.5, 0.6) is 0 Å². The maximum atomic E-state index is 12.9. The van der Waals surface area contributed by atoms with Crippen molar-refractivity contribution in [1.29, 1.82) is 0 Å². The Kier molecular flexibility index (Phi) is 4.46. The molecule has 0 bridgehead atoms. The third-order valence-corrected chi connectivity index (χ3v) is 5.37. The van der Waals surface area contributed by atoms with Gasteiger partial charge in [0.1, 0.15) is 0 Å². The van der Waals surface area contributed by atoms with Crippen molar-refractivity contribution >= 4 is 32.5 Å². The molecule has 5 nitrogen and oxygen atoms in total. The second-order valence-corrected chi connectivity index (χ2v) is 7.25. The van der Waals surface area contributed by atoms with E-state index in [0.717, 1.165) is 5.39 Å². The minimum absolute atomic E-state index is 0.188. The van der Waals surface area contributed by atoms with E-state index in [9.17, 15) is 13.2 Å². The molecular formula is C19H17NO4S. The number of fused-ring (bicyclic) bond motifs is 1. The highest BCUT2D eigenvalue weighted by atomic mass is 32.2. The van der Waals surface area contributed by atoms with Gasteiger partial charge in [0.2, 0.25) is 0 Å². The molecule has 0 saturated carbocycles. The summed E-state index contributed by atoms with van der Waals surface area (Å²) in [7, 11) is -2.53. The zero-order valence-electron chi connectivity index (χ0n) is 13.8. The number of aryl methyl sites for hydroxylation is 1. The standard InChI is InChI=1S/C19H17NO4S/c1-13-10-11-15(19(21)24-2)12-17(13)20-25(22,23)18-9-5-7-14-6-3-4-8-16(14)18/h3-12,20H,1-2H3. The van der Waals surface area contributed by atoms with Crippen LogP contribution in [0.4, 0.5) is 5.69 Å². The number of rotatable bonds is 4. The number of hydrogen-bond donors (Lipinski definition) is 1. The Hall–Kier alpha value is -2.86. The van der Waals surface area contributed by atoms with Gasteiger partial charge in [0.05, 0.1) is 23.3 Å². The molecule has 1 N–H and O–H groups in total. The summed E-state index contributed by atoms with van der Waals surface area (Å²) >= 11 is 0. The van der Waals surface area contributed by atoms with Crippen LogP contribution >= 0.6 is 0 Å². The van der Waals surface area contributed by atoms with Crippen LogP contribution in [-0.4, -0.2) is 21.5 Å². The fraction of sp³-hybridized carbons (Fsp3) is 0.105. The van der Waals surface area contributed by atoms with Crippen molar-refractivity contribution < 1.29 is 17.9 Å². The average molecular weight is 355 g/mol. The molecule has 3 rings (SSSR count). The molecule has 0 saturated heterocycles. The van der Waals surface area contributed by atoms with Crippen LogP contribution in [0.3, 0.4) is 0 Å². The number of methoxy groups -OCH3 is 1. The second kappa shape index (κ2) is 6.57. The number of nitrogens with one attached hydrogen (secondary N) is 1. The third-order valence-electron chi connectivity index (χ3n) is 3.94. The molecule has 0 aliphatic carbocycles. The molecule has 0 unspecified atom stereocenters. The SMILES string of the molecule is COC(=O)c1ccc(C)c(NS(=O)(=O)c2cccc3ccccc23)c1. The van der Waals surface area contributed by atoms with Crippen molar-refractivity contribution in [3.8, 4) is 0 Å². The van der Waals surface area contributed by atoms with Crippen LogP contribution in [0.1, 0.15) is 15.9 Å². The number of hydrogen-bond acceptors (Lipinski definition) is 4. The van der Waals surface area contributed by atoms with Crippen molar-refractivity contribution in [1.82, 2.24) is 0 Å². The molecule has 3 aromatic carbocycles. The zero-order valence-corrected chi connectivity index (χ0v) is 14.6. The largest absolute Gasteiger partial charge is 0.465 e. The normalized spacial score (nSPS) is 11.3. The van der Waals surface area contributed by atoms with Crippen molar-refractivity contribution in [3.63, 3.8) is 0 Å². The number of benzene rings is 3. The Balaban J connectivity index is 2.06. The van der Waals surface area contributed by atoms with Gasteiger partial charge in [-0.15, -0.1) is 0 Å². The van der Waals surface area contributed by atoms with E-state index in [0.29, 0.717) is 16.6 Å². The monoisotopic (exact) mass is 355 g/mol. The summed E-state index contributed by atoms with van der Waals surface area (Å²) in [6.07, 6.45) is 0. The lowest BCUT2D eigenvalue weighted by Crippen LogP contribution is -2.15. The first-order chi connectivity index (χ1) is 11.9. The smallest absolute Gasteiger partial charge is 0.337 e. The summed E-state index contributed by atoms with van der Waals surface area (Å²) in [6.45, 7) is 1.77. The first-order valence-corrected chi connectivity index (χ1v) is 9.10. The lowest BCUT2D eigenvalue weighted by molar-refractivity contribution is 0.0601. The van der Waals surface area contributed by atoms with Crippen molar-refractivity contribution in [2.24, 2.45) is 0 Å². The molecule has 0 fully saturated rings. The first kappa shape index (κ1) is 17.0. The first-order valence-electron chi connectivity index (χ1n) is 7.62. The van der Waals surface area contributed by atoms with Gasteiger partial charge in [0, 0.05) is 5.39 Å². The molecule has 0 aromatic heterocycles. The highest BCUT2D eigenvalue weighted by Crippen LogP contribution is 2.26. The summed E-state index contributed by atoms with van der Waals surface area (Å²) in [6, 6.07) is 17.1. The van der Waals surface area contributed by atoms with Gasteiger partial charge in [-0.05, 0) is 36.1 Å². The lowest BCUT2D eigenvalue weighted by atomic mass is 10.1. The molecule has 6 heteroatoms. The topological polar surface area (TPSA) is 72.5 Å². The molecule has 25 heavy (non-hydrogen) atoms. The predicted molar refractivity (Wildman–Crippen MR) is 97.3 cm³/mol. The van der Waals surface area contributed by atoms with Crippen molar-refractivity contribution in [2.75, 3.05) is 11.8 Å². The predicted octanol–water partition coefficient (Wildman–Crippen LogP) is 3.74. The van der Waals surface area contributed by atoms with E-state index in [1.807, 2.05) is 18.2 Å². The van der Waals surface area contributed by atoms with Crippen LogP contribution in [0.25, 0.3) is 10.8 Å². The van der Waals surface area contributed by atoms with Crippen LogP contribution in [-0.2, 0) is 14.8 Å². The Morgan fingerprint density at radius 1 is 1.00 bits per heavy atom. The summed E-state index contributed by atoms with van der Waals surface area (Å²) in [4.78, 5) is 11.9.